The van der Waals surface area contributed by atoms with Crippen molar-refractivity contribution in [2.24, 2.45) is 0 Å². The number of alkyl halides is 3. The number of rotatable bonds is 2. The maximum Gasteiger partial charge on any atom is 0.417 e. The molecule has 3 heterocycles. The summed E-state index contributed by atoms with van der Waals surface area (Å²) in [6, 6.07) is 3.66. The molecule has 0 saturated heterocycles. The van der Waals surface area contributed by atoms with Crippen LogP contribution in [-0.4, -0.2) is 37.2 Å². The highest BCUT2D eigenvalue weighted by atomic mass is 19.4. The Morgan fingerprint density at radius 1 is 1.27 bits per heavy atom. The highest BCUT2D eigenvalue weighted by molar-refractivity contribution is 6.04. The topological polar surface area (TPSA) is 93.8 Å². The van der Waals surface area contributed by atoms with Gasteiger partial charge >= 0.3 is 6.18 Å². The maximum absolute atomic E-state index is 13.4. The van der Waals surface area contributed by atoms with E-state index < -0.39 is 23.7 Å². The minimum absolute atomic E-state index is 0.101. The van der Waals surface area contributed by atoms with E-state index in [1.807, 2.05) is 0 Å². The van der Waals surface area contributed by atoms with Crippen LogP contribution in [0, 0.1) is 6.57 Å². The van der Waals surface area contributed by atoms with Crippen LogP contribution >= 0.6 is 0 Å². The summed E-state index contributed by atoms with van der Waals surface area (Å²) in [6.07, 6.45) is 0.224. The molecule has 4 aromatic rings. The second kappa shape index (κ2) is 7.16. The summed E-state index contributed by atoms with van der Waals surface area (Å²) < 4.78 is 40.8. The van der Waals surface area contributed by atoms with E-state index in [9.17, 15) is 18.0 Å². The van der Waals surface area contributed by atoms with E-state index in [0.717, 1.165) is 12.3 Å². The van der Waals surface area contributed by atoms with Gasteiger partial charge in [0.25, 0.3) is 0 Å². The number of amides is 1. The Bertz CT molecular complexity index is 1490. The number of imidazole rings is 1. The monoisotopic (exact) mass is 451 g/mol. The van der Waals surface area contributed by atoms with Crippen molar-refractivity contribution in [3.8, 4) is 0 Å². The lowest BCUT2D eigenvalue weighted by molar-refractivity contribution is -0.137. The van der Waals surface area contributed by atoms with Gasteiger partial charge in [-0.1, -0.05) is 0 Å². The van der Waals surface area contributed by atoms with Gasteiger partial charge in [-0.05, 0) is 36.6 Å². The van der Waals surface area contributed by atoms with Crippen LogP contribution < -0.4 is 5.73 Å². The summed E-state index contributed by atoms with van der Waals surface area (Å²) in [6.45, 7) is 7.55. The quantitative estimate of drug-likeness (QED) is 0.462. The van der Waals surface area contributed by atoms with Crippen molar-refractivity contribution < 1.29 is 18.0 Å². The summed E-state index contributed by atoms with van der Waals surface area (Å²) in [4.78, 5) is 30.8. The second-order valence-electron chi connectivity index (χ2n) is 7.85. The third kappa shape index (κ3) is 3.22. The van der Waals surface area contributed by atoms with Gasteiger partial charge < -0.3 is 10.6 Å². The molecule has 0 fully saturated rings. The standard InChI is InChI=1S/C22H16F3N7O/c1-27-14-7-15-17(32-10-28-9-18(32)20(26)30-15)6-13(14)21(33)31(2)16-4-3-11-5-12(22(23,24)25)8-29-19(11)16/h5-10,16H,3-4H2,2H3,(H2,26,30)/t16-/m1/s1. The smallest absolute Gasteiger partial charge is 0.382 e. The fourth-order valence-corrected chi connectivity index (χ4v) is 4.29. The Kier molecular flexibility index (Phi) is 4.49. The van der Waals surface area contributed by atoms with Crippen LogP contribution in [0.4, 0.5) is 24.7 Å². The number of carbonyl (C=O) groups is 1. The number of aryl methyl sites for hydroxylation is 1. The van der Waals surface area contributed by atoms with Crippen molar-refractivity contribution in [2.75, 3.05) is 12.8 Å². The molecule has 1 aromatic carbocycles. The van der Waals surface area contributed by atoms with Crippen LogP contribution in [-0.2, 0) is 12.6 Å². The molecule has 1 atom stereocenters. The number of aromatic nitrogens is 4. The highest BCUT2D eigenvalue weighted by Gasteiger charge is 2.36. The number of nitrogens with zero attached hydrogens (tertiary/aromatic N) is 6. The van der Waals surface area contributed by atoms with Gasteiger partial charge in [-0.25, -0.2) is 14.8 Å². The predicted molar refractivity (Wildman–Crippen MR) is 114 cm³/mol. The number of hydrogen-bond acceptors (Lipinski definition) is 5. The van der Waals surface area contributed by atoms with Crippen LogP contribution in [0.1, 0.15) is 39.6 Å². The number of anilines is 1. The molecule has 1 aliphatic rings. The molecule has 0 spiro atoms. The van der Waals surface area contributed by atoms with Gasteiger partial charge in [-0.3, -0.25) is 14.2 Å². The van der Waals surface area contributed by atoms with E-state index in [-0.39, 0.29) is 17.1 Å². The third-order valence-corrected chi connectivity index (χ3v) is 5.96. The summed E-state index contributed by atoms with van der Waals surface area (Å²) in [5.74, 6) is -0.188. The number of nitrogens with two attached hydrogens (primary N) is 1. The van der Waals surface area contributed by atoms with E-state index >= 15 is 0 Å². The van der Waals surface area contributed by atoms with Gasteiger partial charge in [0.1, 0.15) is 11.3 Å². The number of halogens is 3. The van der Waals surface area contributed by atoms with E-state index in [2.05, 4.69) is 19.8 Å². The minimum Gasteiger partial charge on any atom is -0.382 e. The second-order valence-corrected chi connectivity index (χ2v) is 7.85. The molecular weight excluding hydrogens is 435 g/mol. The van der Waals surface area contributed by atoms with Gasteiger partial charge in [-0.2, -0.15) is 13.2 Å². The van der Waals surface area contributed by atoms with Crippen molar-refractivity contribution in [1.29, 1.82) is 0 Å². The van der Waals surface area contributed by atoms with Crippen molar-refractivity contribution in [3.63, 3.8) is 0 Å². The van der Waals surface area contributed by atoms with Crippen molar-refractivity contribution >= 4 is 34.0 Å². The molecule has 3 aromatic heterocycles. The number of hydrogen-bond donors (Lipinski definition) is 1. The molecule has 0 aliphatic heterocycles. The van der Waals surface area contributed by atoms with Crippen molar-refractivity contribution in [1.82, 2.24) is 24.3 Å². The van der Waals surface area contributed by atoms with Crippen LogP contribution in [0.3, 0.4) is 0 Å². The van der Waals surface area contributed by atoms with Crippen molar-refractivity contribution in [3.05, 3.63) is 70.7 Å². The summed E-state index contributed by atoms with van der Waals surface area (Å²) in [7, 11) is 1.56. The number of pyridine rings is 1. The summed E-state index contributed by atoms with van der Waals surface area (Å²) in [5.41, 5.74) is 7.89. The first-order valence-electron chi connectivity index (χ1n) is 9.95. The molecular formula is C22H16F3N7O. The Labute approximate surface area is 185 Å². The van der Waals surface area contributed by atoms with Gasteiger partial charge in [0, 0.05) is 18.8 Å². The summed E-state index contributed by atoms with van der Waals surface area (Å²) in [5, 5.41) is 0. The van der Waals surface area contributed by atoms with Crippen LogP contribution in [0.15, 0.2) is 36.9 Å². The molecule has 0 saturated carbocycles. The fraction of sp³-hybridized carbons (Fsp3) is 0.227. The average molecular weight is 451 g/mol. The minimum atomic E-state index is -4.48. The lowest BCUT2D eigenvalue weighted by atomic mass is 10.1. The average Bonchev–Trinajstić information content (AvgIpc) is 3.44. The number of nitrogen functional groups attached to an aromatic ring is 1. The molecule has 1 aliphatic carbocycles. The molecule has 8 nitrogen and oxygen atoms in total. The zero-order valence-electron chi connectivity index (χ0n) is 17.3. The predicted octanol–water partition coefficient (Wildman–Crippen LogP) is 4.19. The maximum atomic E-state index is 13.4. The van der Waals surface area contributed by atoms with Gasteiger partial charge in [-0.15, -0.1) is 0 Å². The first-order chi connectivity index (χ1) is 15.7. The van der Waals surface area contributed by atoms with Crippen LogP contribution in [0.5, 0.6) is 0 Å². The van der Waals surface area contributed by atoms with Crippen LogP contribution in [0.25, 0.3) is 21.4 Å². The lowest BCUT2D eigenvalue weighted by Crippen LogP contribution is -2.30. The molecule has 0 bridgehead atoms. The Morgan fingerprint density at radius 3 is 2.79 bits per heavy atom. The Hall–Kier alpha value is -4.20. The molecule has 33 heavy (non-hydrogen) atoms. The van der Waals surface area contributed by atoms with E-state index in [1.165, 1.54) is 11.0 Å². The number of fused-ring (bicyclic) bond motifs is 4. The molecule has 11 heteroatoms. The normalized spacial score (nSPS) is 15.5. The Balaban J connectivity index is 1.56. The third-order valence-electron chi connectivity index (χ3n) is 5.96. The molecule has 0 unspecified atom stereocenters. The first-order valence-corrected chi connectivity index (χ1v) is 9.95. The Morgan fingerprint density at radius 2 is 2.06 bits per heavy atom. The van der Waals surface area contributed by atoms with Gasteiger partial charge in [0.15, 0.2) is 0 Å². The molecule has 166 valence electrons. The molecule has 2 N–H and O–H groups in total. The highest BCUT2D eigenvalue weighted by Crippen LogP contribution is 2.39. The first kappa shape index (κ1) is 20.7. The molecule has 5 rings (SSSR count). The largest absolute Gasteiger partial charge is 0.417 e. The molecule has 0 radical (unpaired) electrons. The van der Waals surface area contributed by atoms with Gasteiger partial charge in [0.2, 0.25) is 11.6 Å². The number of benzene rings is 1. The van der Waals surface area contributed by atoms with E-state index in [1.54, 1.807) is 30.0 Å². The van der Waals surface area contributed by atoms with E-state index in [0.29, 0.717) is 40.6 Å². The fourth-order valence-electron chi connectivity index (χ4n) is 4.29. The molecule has 1 amide bonds. The number of carbonyl (C=O) groups excluding carboxylic acids is 1. The van der Waals surface area contributed by atoms with E-state index in [4.69, 9.17) is 12.3 Å². The SMILES string of the molecule is [C-]#[N+]c1cc2nc(N)c3cncn3c2cc1C(=O)N(C)[C@@H]1CCc2cc(C(F)(F)F)cnc21. The zero-order valence-corrected chi connectivity index (χ0v) is 17.3. The van der Waals surface area contributed by atoms with Crippen molar-refractivity contribution in [2.45, 2.75) is 25.1 Å². The lowest BCUT2D eigenvalue weighted by Gasteiger charge is -2.25. The van der Waals surface area contributed by atoms with Crippen LogP contribution in [0.2, 0.25) is 0 Å². The zero-order chi connectivity index (χ0) is 23.5. The summed E-state index contributed by atoms with van der Waals surface area (Å²) >= 11 is 0. The van der Waals surface area contributed by atoms with Gasteiger partial charge in [0.05, 0.1) is 47.4 Å².